The second-order valence-electron chi connectivity index (χ2n) is 5.04. The minimum atomic E-state index is -0.157. The van der Waals surface area contributed by atoms with Crippen LogP contribution in [0, 0.1) is 0 Å². The average molecular weight is 307 g/mol. The van der Waals surface area contributed by atoms with Gasteiger partial charge in [-0.15, -0.1) is 0 Å². The summed E-state index contributed by atoms with van der Waals surface area (Å²) in [7, 11) is 0. The van der Waals surface area contributed by atoms with E-state index in [0.29, 0.717) is 18.8 Å². The first kappa shape index (κ1) is 14.8. The van der Waals surface area contributed by atoms with Crippen molar-refractivity contribution < 1.29 is 9.21 Å². The molecule has 1 N–H and O–H groups in total. The Bertz CT molecular complexity index is 774. The Morgan fingerprint density at radius 3 is 2.78 bits per heavy atom. The first-order valence-electron chi connectivity index (χ1n) is 7.35. The fourth-order valence-electron chi connectivity index (χ4n) is 2.24. The molecule has 23 heavy (non-hydrogen) atoms. The molecule has 0 saturated heterocycles. The summed E-state index contributed by atoms with van der Waals surface area (Å²) in [6.07, 6.45) is 8.36. The SMILES string of the molecule is O=C(/C=C/c1ccco1)NCc1ccccc1Cn1cccn1. The molecule has 0 saturated carbocycles. The van der Waals surface area contributed by atoms with Crippen molar-refractivity contribution in [3.8, 4) is 0 Å². The first-order valence-corrected chi connectivity index (χ1v) is 7.35. The summed E-state index contributed by atoms with van der Waals surface area (Å²) in [5, 5.41) is 7.10. The number of carbonyl (C=O) groups excluding carboxylic acids is 1. The van der Waals surface area contributed by atoms with E-state index in [1.807, 2.05) is 41.2 Å². The van der Waals surface area contributed by atoms with Crippen LogP contribution < -0.4 is 5.32 Å². The van der Waals surface area contributed by atoms with Gasteiger partial charge in [0.1, 0.15) is 5.76 Å². The molecule has 1 aromatic carbocycles. The van der Waals surface area contributed by atoms with E-state index < -0.39 is 0 Å². The summed E-state index contributed by atoms with van der Waals surface area (Å²) in [5.74, 6) is 0.495. The molecule has 3 aromatic rings. The quantitative estimate of drug-likeness (QED) is 0.712. The van der Waals surface area contributed by atoms with E-state index in [0.717, 1.165) is 11.1 Å². The van der Waals surface area contributed by atoms with Gasteiger partial charge in [0.15, 0.2) is 0 Å². The number of nitrogens with zero attached hydrogens (tertiary/aromatic N) is 2. The zero-order chi connectivity index (χ0) is 15.9. The van der Waals surface area contributed by atoms with Gasteiger partial charge < -0.3 is 9.73 Å². The molecule has 1 amide bonds. The largest absolute Gasteiger partial charge is 0.465 e. The van der Waals surface area contributed by atoms with E-state index in [4.69, 9.17) is 4.42 Å². The Balaban J connectivity index is 1.60. The predicted octanol–water partition coefficient (Wildman–Crippen LogP) is 2.85. The van der Waals surface area contributed by atoms with Crippen molar-refractivity contribution in [1.29, 1.82) is 0 Å². The van der Waals surface area contributed by atoms with Gasteiger partial charge in [-0.05, 0) is 35.4 Å². The Hall–Kier alpha value is -3.08. The molecule has 0 spiro atoms. The maximum atomic E-state index is 11.9. The molecule has 0 aliphatic heterocycles. The van der Waals surface area contributed by atoms with Crippen LogP contribution in [0.1, 0.15) is 16.9 Å². The fraction of sp³-hybridized carbons (Fsp3) is 0.111. The molecule has 0 fully saturated rings. The minimum absolute atomic E-state index is 0.157. The Labute approximate surface area is 134 Å². The minimum Gasteiger partial charge on any atom is -0.465 e. The molecule has 0 aliphatic rings. The number of benzene rings is 1. The van der Waals surface area contributed by atoms with Gasteiger partial charge in [0.05, 0.1) is 12.8 Å². The van der Waals surface area contributed by atoms with Crippen molar-refractivity contribution >= 4 is 12.0 Å². The van der Waals surface area contributed by atoms with Crippen molar-refractivity contribution in [2.75, 3.05) is 0 Å². The number of nitrogens with one attached hydrogen (secondary N) is 1. The van der Waals surface area contributed by atoms with E-state index in [-0.39, 0.29) is 5.91 Å². The van der Waals surface area contributed by atoms with Gasteiger partial charge in [0.25, 0.3) is 0 Å². The van der Waals surface area contributed by atoms with Crippen LogP contribution in [0.15, 0.2) is 71.6 Å². The number of aromatic nitrogens is 2. The molecule has 2 heterocycles. The maximum Gasteiger partial charge on any atom is 0.244 e. The molecule has 0 atom stereocenters. The molecule has 0 radical (unpaired) electrons. The lowest BCUT2D eigenvalue weighted by atomic mass is 10.1. The third kappa shape index (κ3) is 4.20. The normalized spacial score (nSPS) is 11.0. The lowest BCUT2D eigenvalue weighted by Crippen LogP contribution is -2.21. The third-order valence-electron chi connectivity index (χ3n) is 3.41. The van der Waals surface area contributed by atoms with Crippen LogP contribution in [-0.4, -0.2) is 15.7 Å². The number of carbonyl (C=O) groups is 1. The van der Waals surface area contributed by atoms with Crippen molar-refractivity contribution in [3.63, 3.8) is 0 Å². The van der Waals surface area contributed by atoms with E-state index in [1.165, 1.54) is 6.08 Å². The van der Waals surface area contributed by atoms with E-state index in [2.05, 4.69) is 10.4 Å². The molecule has 0 bridgehead atoms. The van der Waals surface area contributed by atoms with Gasteiger partial charge in [0.2, 0.25) is 5.91 Å². The van der Waals surface area contributed by atoms with Gasteiger partial charge in [-0.2, -0.15) is 5.10 Å². The van der Waals surface area contributed by atoms with E-state index in [9.17, 15) is 4.79 Å². The molecule has 116 valence electrons. The molecule has 2 aromatic heterocycles. The van der Waals surface area contributed by atoms with Gasteiger partial charge in [-0.1, -0.05) is 24.3 Å². The van der Waals surface area contributed by atoms with Gasteiger partial charge in [-0.25, -0.2) is 0 Å². The molecular formula is C18H17N3O2. The number of furan rings is 1. The summed E-state index contributed by atoms with van der Waals surface area (Å²) in [5.41, 5.74) is 2.20. The highest BCUT2D eigenvalue weighted by Crippen LogP contribution is 2.10. The highest BCUT2D eigenvalue weighted by Gasteiger charge is 2.04. The predicted molar refractivity (Wildman–Crippen MR) is 87.4 cm³/mol. The monoisotopic (exact) mass is 307 g/mol. The maximum absolute atomic E-state index is 11.9. The highest BCUT2D eigenvalue weighted by atomic mass is 16.3. The molecule has 0 unspecified atom stereocenters. The van der Waals surface area contributed by atoms with E-state index >= 15 is 0 Å². The Morgan fingerprint density at radius 1 is 1.17 bits per heavy atom. The molecule has 5 heteroatoms. The van der Waals surface area contributed by atoms with Crippen LogP contribution in [0.4, 0.5) is 0 Å². The summed E-state index contributed by atoms with van der Waals surface area (Å²) in [4.78, 5) is 11.9. The molecule has 0 aliphatic carbocycles. The number of hydrogen-bond acceptors (Lipinski definition) is 3. The Morgan fingerprint density at radius 2 is 2.04 bits per heavy atom. The van der Waals surface area contributed by atoms with Crippen molar-refractivity contribution in [1.82, 2.24) is 15.1 Å². The zero-order valence-corrected chi connectivity index (χ0v) is 12.6. The lowest BCUT2D eigenvalue weighted by molar-refractivity contribution is -0.116. The van der Waals surface area contributed by atoms with Crippen LogP contribution in [-0.2, 0) is 17.9 Å². The van der Waals surface area contributed by atoms with Crippen LogP contribution >= 0.6 is 0 Å². The molecular weight excluding hydrogens is 290 g/mol. The summed E-state index contributed by atoms with van der Waals surface area (Å²) < 4.78 is 7.01. The van der Waals surface area contributed by atoms with Gasteiger partial charge >= 0.3 is 0 Å². The second-order valence-corrected chi connectivity index (χ2v) is 5.04. The topological polar surface area (TPSA) is 60.1 Å². The first-order chi connectivity index (χ1) is 11.3. The number of hydrogen-bond donors (Lipinski definition) is 1. The Kier molecular flexibility index (Phi) is 4.69. The van der Waals surface area contributed by atoms with Crippen LogP contribution in [0.5, 0.6) is 0 Å². The summed E-state index contributed by atoms with van der Waals surface area (Å²) in [6.45, 7) is 1.15. The molecule has 5 nitrogen and oxygen atoms in total. The number of amides is 1. The van der Waals surface area contributed by atoms with Crippen LogP contribution in [0.25, 0.3) is 6.08 Å². The summed E-state index contributed by atoms with van der Waals surface area (Å²) >= 11 is 0. The zero-order valence-electron chi connectivity index (χ0n) is 12.6. The van der Waals surface area contributed by atoms with Gasteiger partial charge in [0, 0.05) is 25.0 Å². The fourth-order valence-corrected chi connectivity index (χ4v) is 2.24. The third-order valence-corrected chi connectivity index (χ3v) is 3.41. The number of rotatable bonds is 6. The van der Waals surface area contributed by atoms with Crippen molar-refractivity contribution in [3.05, 3.63) is 84.1 Å². The van der Waals surface area contributed by atoms with Crippen molar-refractivity contribution in [2.24, 2.45) is 0 Å². The average Bonchev–Trinajstić information content (AvgIpc) is 3.25. The smallest absolute Gasteiger partial charge is 0.244 e. The van der Waals surface area contributed by atoms with Gasteiger partial charge in [-0.3, -0.25) is 9.48 Å². The second kappa shape index (κ2) is 7.26. The highest BCUT2D eigenvalue weighted by molar-refractivity contribution is 5.91. The van der Waals surface area contributed by atoms with Crippen molar-refractivity contribution in [2.45, 2.75) is 13.1 Å². The van der Waals surface area contributed by atoms with Crippen LogP contribution in [0.3, 0.4) is 0 Å². The summed E-state index contributed by atoms with van der Waals surface area (Å²) in [6, 6.07) is 13.5. The van der Waals surface area contributed by atoms with E-state index in [1.54, 1.807) is 30.7 Å². The lowest BCUT2D eigenvalue weighted by Gasteiger charge is -2.10. The van der Waals surface area contributed by atoms with Crippen LogP contribution in [0.2, 0.25) is 0 Å². The molecule has 3 rings (SSSR count). The standard InChI is InChI=1S/C18H17N3O2/c22-18(9-8-17-7-3-12-23-17)19-13-15-5-1-2-6-16(15)14-21-11-4-10-20-21/h1-12H,13-14H2,(H,19,22)/b9-8+.